The van der Waals surface area contributed by atoms with Crippen LogP contribution in [0.2, 0.25) is 0 Å². The van der Waals surface area contributed by atoms with E-state index in [0.29, 0.717) is 0 Å². The molecule has 0 amide bonds. The van der Waals surface area contributed by atoms with Crippen LogP contribution in [0.3, 0.4) is 0 Å². The van der Waals surface area contributed by atoms with Crippen molar-refractivity contribution in [1.82, 2.24) is 9.97 Å². The number of nitro benzene ring substituents is 1. The molecule has 0 radical (unpaired) electrons. The van der Waals surface area contributed by atoms with Gasteiger partial charge in [-0.05, 0) is 12.1 Å². The number of anilines is 1. The predicted octanol–water partition coefficient (Wildman–Crippen LogP) is 1.19. The van der Waals surface area contributed by atoms with E-state index in [4.69, 9.17) is 4.74 Å². The van der Waals surface area contributed by atoms with E-state index in [1.807, 2.05) is 0 Å². The van der Waals surface area contributed by atoms with E-state index in [2.05, 4.69) is 14.7 Å². The predicted molar refractivity (Wildman–Crippen MR) is 72.5 cm³/mol. The van der Waals surface area contributed by atoms with Gasteiger partial charge in [0.15, 0.2) is 0 Å². The van der Waals surface area contributed by atoms with E-state index < -0.39 is 14.9 Å². The maximum absolute atomic E-state index is 12.1. The third-order valence-corrected chi connectivity index (χ3v) is 3.82. The summed E-state index contributed by atoms with van der Waals surface area (Å²) in [5, 5.41) is 10.5. The van der Waals surface area contributed by atoms with Crippen LogP contribution < -0.4 is 9.46 Å². The summed E-state index contributed by atoms with van der Waals surface area (Å²) < 4.78 is 31.3. The molecule has 10 heteroatoms. The lowest BCUT2D eigenvalue weighted by Gasteiger charge is -2.07. The molecule has 0 unspecified atom stereocenters. The van der Waals surface area contributed by atoms with Crippen molar-refractivity contribution in [2.24, 2.45) is 0 Å². The van der Waals surface area contributed by atoms with Gasteiger partial charge < -0.3 is 4.74 Å². The average Bonchev–Trinajstić information content (AvgIpc) is 2.47. The van der Waals surface area contributed by atoms with Crippen molar-refractivity contribution in [2.45, 2.75) is 4.90 Å². The number of rotatable bonds is 5. The summed E-state index contributed by atoms with van der Waals surface area (Å²) in [6, 6.07) is 5.80. The molecular formula is C11H10N4O5S. The van der Waals surface area contributed by atoms with Crippen LogP contribution in [0.1, 0.15) is 0 Å². The summed E-state index contributed by atoms with van der Waals surface area (Å²) in [5.74, 6) is 0.228. The van der Waals surface area contributed by atoms with Crippen LogP contribution in [0.15, 0.2) is 41.6 Å². The molecule has 0 aliphatic carbocycles. The van der Waals surface area contributed by atoms with Gasteiger partial charge in [0.1, 0.15) is 12.1 Å². The third-order valence-electron chi connectivity index (χ3n) is 2.45. The summed E-state index contributed by atoms with van der Waals surface area (Å²) in [5.41, 5.74) is -0.197. The van der Waals surface area contributed by atoms with Crippen LogP contribution in [-0.2, 0) is 10.0 Å². The molecule has 0 aliphatic heterocycles. The first-order valence-electron chi connectivity index (χ1n) is 5.56. The number of nitro groups is 1. The van der Waals surface area contributed by atoms with E-state index in [9.17, 15) is 18.5 Å². The quantitative estimate of drug-likeness (QED) is 0.649. The molecule has 2 rings (SSSR count). The monoisotopic (exact) mass is 310 g/mol. The van der Waals surface area contributed by atoms with Crippen molar-refractivity contribution in [2.75, 3.05) is 11.8 Å². The number of hydrogen-bond acceptors (Lipinski definition) is 7. The summed E-state index contributed by atoms with van der Waals surface area (Å²) in [6.45, 7) is 0. The molecule has 110 valence electrons. The molecule has 1 aromatic carbocycles. The molecule has 0 saturated carbocycles. The van der Waals surface area contributed by atoms with E-state index in [1.165, 1.54) is 13.2 Å². The third kappa shape index (κ3) is 3.42. The maximum Gasteiger partial charge on any atom is 0.269 e. The van der Waals surface area contributed by atoms with E-state index in [0.717, 1.165) is 30.6 Å². The topological polar surface area (TPSA) is 124 Å². The molecule has 21 heavy (non-hydrogen) atoms. The van der Waals surface area contributed by atoms with Crippen molar-refractivity contribution >= 4 is 21.5 Å². The molecule has 1 N–H and O–H groups in total. The zero-order chi connectivity index (χ0) is 15.5. The first-order chi connectivity index (χ1) is 9.92. The number of aromatic nitrogens is 2. The lowest BCUT2D eigenvalue weighted by molar-refractivity contribution is -0.384. The fourth-order valence-corrected chi connectivity index (χ4v) is 2.45. The molecule has 9 nitrogen and oxygen atoms in total. The molecule has 1 heterocycles. The summed E-state index contributed by atoms with van der Waals surface area (Å²) in [7, 11) is -2.51. The molecule has 1 aromatic heterocycles. The van der Waals surface area contributed by atoms with E-state index in [1.54, 1.807) is 0 Å². The van der Waals surface area contributed by atoms with Crippen LogP contribution in [0.25, 0.3) is 0 Å². The molecule has 0 bridgehead atoms. The van der Waals surface area contributed by atoms with Crippen molar-refractivity contribution in [3.05, 3.63) is 46.8 Å². The smallest absolute Gasteiger partial charge is 0.269 e. The second kappa shape index (κ2) is 5.71. The Morgan fingerprint density at radius 1 is 1.24 bits per heavy atom. The number of non-ortho nitro benzene ring substituents is 1. The number of sulfonamides is 1. The normalized spacial score (nSPS) is 10.9. The van der Waals surface area contributed by atoms with Crippen LogP contribution >= 0.6 is 0 Å². The molecular weight excluding hydrogens is 300 g/mol. The van der Waals surface area contributed by atoms with Crippen LogP contribution in [0.5, 0.6) is 5.88 Å². The molecule has 2 aromatic rings. The fraction of sp³-hybridized carbons (Fsp3) is 0.0909. The number of nitrogens with zero attached hydrogens (tertiary/aromatic N) is 3. The highest BCUT2D eigenvalue weighted by atomic mass is 32.2. The van der Waals surface area contributed by atoms with Crippen LogP contribution in [-0.4, -0.2) is 30.4 Å². The Morgan fingerprint density at radius 3 is 2.48 bits per heavy atom. The number of ether oxygens (including phenoxy) is 1. The highest BCUT2D eigenvalue weighted by Gasteiger charge is 2.17. The Balaban J connectivity index is 2.27. The minimum absolute atomic E-state index is 0.0280. The summed E-state index contributed by atoms with van der Waals surface area (Å²) in [6.07, 6.45) is 1.15. The van der Waals surface area contributed by atoms with Crippen molar-refractivity contribution < 1.29 is 18.1 Å². The van der Waals surface area contributed by atoms with Crippen molar-refractivity contribution in [3.63, 3.8) is 0 Å². The highest BCUT2D eigenvalue weighted by Crippen LogP contribution is 2.19. The molecule has 0 aliphatic rings. The summed E-state index contributed by atoms with van der Waals surface area (Å²) >= 11 is 0. The lowest BCUT2D eigenvalue weighted by Crippen LogP contribution is -2.14. The SMILES string of the molecule is COc1cc(NS(=O)(=O)c2ccc([N+](=O)[O-])cc2)ncn1. The first kappa shape index (κ1) is 14.7. The van der Waals surface area contributed by atoms with E-state index >= 15 is 0 Å². The number of nitrogens with one attached hydrogen (secondary N) is 1. The first-order valence-corrected chi connectivity index (χ1v) is 7.04. The Labute approximate surface area is 119 Å². The van der Waals surface area contributed by atoms with Crippen LogP contribution in [0, 0.1) is 10.1 Å². The molecule has 0 atom stereocenters. The van der Waals surface area contributed by atoms with Gasteiger partial charge in [-0.15, -0.1) is 0 Å². The second-order valence-corrected chi connectivity index (χ2v) is 5.48. The minimum Gasteiger partial charge on any atom is -0.481 e. The van der Waals surface area contributed by atoms with Gasteiger partial charge in [0.25, 0.3) is 15.7 Å². The largest absolute Gasteiger partial charge is 0.481 e. The zero-order valence-corrected chi connectivity index (χ0v) is 11.6. The van der Waals surface area contributed by atoms with Crippen LogP contribution in [0.4, 0.5) is 11.5 Å². The highest BCUT2D eigenvalue weighted by molar-refractivity contribution is 7.92. The van der Waals surface area contributed by atoms with Gasteiger partial charge in [-0.25, -0.2) is 18.4 Å². The Bertz CT molecular complexity index is 760. The minimum atomic E-state index is -3.90. The number of hydrogen-bond donors (Lipinski definition) is 1. The van der Waals surface area contributed by atoms with Crippen molar-refractivity contribution in [1.29, 1.82) is 0 Å². The number of methoxy groups -OCH3 is 1. The maximum atomic E-state index is 12.1. The second-order valence-electron chi connectivity index (χ2n) is 3.80. The van der Waals surface area contributed by atoms with Gasteiger partial charge >= 0.3 is 0 Å². The Kier molecular flexibility index (Phi) is 3.98. The van der Waals surface area contributed by atoms with Crippen molar-refractivity contribution in [3.8, 4) is 5.88 Å². The van der Waals surface area contributed by atoms with Gasteiger partial charge in [0, 0.05) is 18.2 Å². The molecule has 0 fully saturated rings. The van der Waals surface area contributed by atoms with Gasteiger partial charge in [0.05, 0.1) is 16.9 Å². The van der Waals surface area contributed by atoms with Gasteiger partial charge in [0.2, 0.25) is 5.88 Å². The Hall–Kier alpha value is -2.75. The Morgan fingerprint density at radius 2 is 1.90 bits per heavy atom. The molecule has 0 saturated heterocycles. The van der Waals surface area contributed by atoms with E-state index in [-0.39, 0.29) is 22.3 Å². The molecule has 0 spiro atoms. The van der Waals surface area contributed by atoms with Gasteiger partial charge in [-0.3, -0.25) is 14.8 Å². The lowest BCUT2D eigenvalue weighted by atomic mass is 10.3. The average molecular weight is 310 g/mol. The summed E-state index contributed by atoms with van der Waals surface area (Å²) in [4.78, 5) is 17.3. The number of benzene rings is 1. The van der Waals surface area contributed by atoms with Gasteiger partial charge in [-0.2, -0.15) is 0 Å². The zero-order valence-electron chi connectivity index (χ0n) is 10.8. The van der Waals surface area contributed by atoms with Gasteiger partial charge in [-0.1, -0.05) is 0 Å². The fourth-order valence-electron chi connectivity index (χ4n) is 1.45. The standard InChI is InChI=1S/C11H10N4O5S/c1-20-11-6-10(12-7-13-11)14-21(18,19)9-4-2-8(3-5-9)15(16)17/h2-7H,1H3,(H,12,13,14).